The van der Waals surface area contributed by atoms with E-state index in [0.717, 1.165) is 13.1 Å². The molecule has 0 spiro atoms. The Bertz CT molecular complexity index is 468. The molecule has 2 atom stereocenters. The van der Waals surface area contributed by atoms with E-state index in [4.69, 9.17) is 5.26 Å². The van der Waals surface area contributed by atoms with E-state index in [0.29, 0.717) is 18.3 Å². The van der Waals surface area contributed by atoms with Gasteiger partial charge in [-0.3, -0.25) is 8.63 Å². The molecule has 188 valence electrons. The van der Waals surface area contributed by atoms with E-state index >= 15 is 0 Å². The third-order valence-corrected chi connectivity index (χ3v) is 3.95. The molecule has 0 aromatic carbocycles. The number of nitriles is 1. The second-order valence-electron chi connectivity index (χ2n) is 5.50. The van der Waals surface area contributed by atoms with Crippen LogP contribution in [0.25, 0.3) is 0 Å². The quantitative estimate of drug-likeness (QED) is 0.185. The fourth-order valence-electron chi connectivity index (χ4n) is 2.09. The summed E-state index contributed by atoms with van der Waals surface area (Å²) in [5.74, 6) is 0.694. The molecule has 2 unspecified atom stereocenters. The van der Waals surface area contributed by atoms with Gasteiger partial charge in [-0.1, -0.05) is 7.43 Å². The molecule has 0 fully saturated rings. The van der Waals surface area contributed by atoms with Crippen molar-refractivity contribution in [1.82, 2.24) is 19.6 Å². The van der Waals surface area contributed by atoms with Gasteiger partial charge in [0.1, 0.15) is 0 Å². The topological polar surface area (TPSA) is 68.2 Å². The zero-order valence-corrected chi connectivity index (χ0v) is 27.6. The summed E-state index contributed by atoms with van der Waals surface area (Å²) in [5.41, 5.74) is 0. The van der Waals surface area contributed by atoms with Crippen LogP contribution in [0.1, 0.15) is 35.1 Å². The van der Waals surface area contributed by atoms with Crippen LogP contribution in [0.15, 0.2) is 24.8 Å². The minimum Gasteiger partial charge on any atom is -1.00 e. The fraction of sp³-hybridized carbons (Fsp3) is 0.647. The monoisotopic (exact) mass is 578 g/mol. The normalized spacial score (nSPS) is 16.1. The van der Waals surface area contributed by atoms with Gasteiger partial charge in [-0.05, 0) is 27.7 Å². The summed E-state index contributed by atoms with van der Waals surface area (Å²) in [7, 11) is 1.38. The van der Waals surface area contributed by atoms with Crippen LogP contribution < -0.4 is 128 Å². The van der Waals surface area contributed by atoms with Crippen LogP contribution in [0.5, 0.6) is 0 Å². The average Bonchev–Trinajstić information content (AvgIpc) is 3.10. The minimum absolute atomic E-state index is 0. The van der Waals surface area contributed by atoms with E-state index in [-0.39, 0.29) is 140 Å². The first-order chi connectivity index (χ1) is 12.5. The van der Waals surface area contributed by atoms with Crippen molar-refractivity contribution in [3.63, 3.8) is 0 Å². The van der Waals surface area contributed by atoms with Crippen LogP contribution in [0, 0.1) is 17.9 Å². The van der Waals surface area contributed by atoms with Crippen molar-refractivity contribution in [2.45, 2.75) is 47.5 Å². The summed E-state index contributed by atoms with van der Waals surface area (Å²) in [5, 5.41) is 7.14. The van der Waals surface area contributed by atoms with Crippen LogP contribution in [0.2, 0.25) is 0 Å². The number of rotatable bonds is 2. The fourth-order valence-corrected chi connectivity index (χ4v) is 2.09. The van der Waals surface area contributed by atoms with Crippen molar-refractivity contribution in [2.24, 2.45) is 0 Å². The third-order valence-electron chi connectivity index (χ3n) is 3.95. The van der Waals surface area contributed by atoms with Crippen LogP contribution in [-0.4, -0.2) is 71.9 Å². The summed E-state index contributed by atoms with van der Waals surface area (Å²) >= 11 is 0. The summed E-state index contributed by atoms with van der Waals surface area (Å²) in [4.78, 5) is 8.98. The number of hydrogen-bond donors (Lipinski definition) is 0. The van der Waals surface area contributed by atoms with Crippen LogP contribution in [0.4, 0.5) is 21.8 Å². The Hall–Kier alpha value is 1.70. The van der Waals surface area contributed by atoms with Gasteiger partial charge in [-0.2, -0.15) is 0 Å². The Morgan fingerprint density at radius 1 is 0.848 bits per heavy atom. The third kappa shape index (κ3) is 29.8. The minimum atomic E-state index is -3.08. The van der Waals surface area contributed by atoms with Crippen LogP contribution >= 0.6 is 0 Å². The molecule has 2 aliphatic heterocycles. The molecule has 16 heteroatoms. The van der Waals surface area contributed by atoms with Gasteiger partial charge in [0.15, 0.2) is 6.68 Å². The largest absolute Gasteiger partial charge is 1.00 e. The van der Waals surface area contributed by atoms with E-state index in [1.807, 2.05) is 0 Å². The molecule has 0 saturated carbocycles. The molecule has 2 rings (SSSR count). The standard InChI is InChI=1S/2C7H14N2.CBF2N.CF3.CH4.2ClH.2K.H2O/c2*1-4-9-6-5-8(3)7(9)2;3-2(4)1-5;2-1(3)4;;;;;;/h2*5-7H,4H2,1-3H3;;;1H4;2*1H;;;1H2/q;;;-1;;;;2*+1;/p-2. The van der Waals surface area contributed by atoms with Crippen molar-refractivity contribution in [3.05, 3.63) is 31.5 Å². The van der Waals surface area contributed by atoms with Gasteiger partial charge in [-0.25, -0.2) is 5.26 Å². The van der Waals surface area contributed by atoms with E-state index in [1.54, 1.807) is 0 Å². The van der Waals surface area contributed by atoms with Gasteiger partial charge in [0.25, 0.3) is 0 Å². The van der Waals surface area contributed by atoms with E-state index in [9.17, 15) is 21.8 Å². The first-order valence-electron chi connectivity index (χ1n) is 8.34. The Morgan fingerprint density at radius 2 is 1.06 bits per heavy atom. The Balaban J connectivity index is -0.0000000415. The molecule has 0 aliphatic carbocycles. The van der Waals surface area contributed by atoms with Gasteiger partial charge in [0.2, 0.25) is 0 Å². The molecule has 0 aromatic rings. The van der Waals surface area contributed by atoms with Gasteiger partial charge in [0.05, 0.1) is 18.3 Å². The maximum atomic E-state index is 10.4. The summed E-state index contributed by atoms with van der Waals surface area (Å²) in [6, 6.07) is 0. The number of nitrogens with zero attached hydrogens (tertiary/aromatic N) is 5. The number of hydrogen-bond acceptors (Lipinski definition) is 5. The first kappa shape index (κ1) is 55.3. The van der Waals surface area contributed by atoms with E-state index in [1.165, 1.54) is 0 Å². The molecule has 0 amide bonds. The predicted octanol–water partition coefficient (Wildman–Crippen LogP) is -8.21. The SMILES string of the molecule is C.CCN1C=CN(C)C1C.CCN1C=CN(C)C1C.F[C-](F)F.N#CB(F)F.O.[Cl-].[Cl-].[K+].[K+]. The summed E-state index contributed by atoms with van der Waals surface area (Å²) in [6.07, 6.45) is 9.57. The predicted molar refractivity (Wildman–Crippen MR) is 108 cm³/mol. The van der Waals surface area contributed by atoms with Crippen LogP contribution in [0.3, 0.4) is 0 Å². The molecular formula is C17H34BCl2F5K2N5O-. The Morgan fingerprint density at radius 3 is 1.12 bits per heavy atom. The van der Waals surface area contributed by atoms with Gasteiger partial charge in [-0.15, -0.1) is 0 Å². The Kier molecular flexibility index (Phi) is 56.4. The second-order valence-corrected chi connectivity index (χ2v) is 5.50. The van der Waals surface area contributed by atoms with Crippen molar-refractivity contribution in [3.8, 4) is 5.97 Å². The van der Waals surface area contributed by atoms with Crippen molar-refractivity contribution < 1.29 is 155 Å². The molecule has 0 aromatic heterocycles. The van der Waals surface area contributed by atoms with E-state index in [2.05, 4.69) is 86.2 Å². The molecule has 2 N–H and O–H groups in total. The summed E-state index contributed by atoms with van der Waals surface area (Å²) < 4.78 is 49.6. The Labute approximate surface area is 294 Å². The van der Waals surface area contributed by atoms with Gasteiger partial charge < -0.3 is 63.1 Å². The molecule has 2 heterocycles. The molecule has 33 heavy (non-hydrogen) atoms. The zero-order valence-electron chi connectivity index (χ0n) is 19.8. The number of halogens is 7. The maximum Gasteiger partial charge on any atom is 1.00 e. The van der Waals surface area contributed by atoms with E-state index < -0.39 is 13.9 Å². The van der Waals surface area contributed by atoms with Gasteiger partial charge in [0, 0.05) is 52.0 Å². The molecule has 0 bridgehead atoms. The van der Waals surface area contributed by atoms with Crippen molar-refractivity contribution in [2.75, 3.05) is 27.2 Å². The molecule has 0 radical (unpaired) electrons. The zero-order chi connectivity index (χ0) is 21.6. The van der Waals surface area contributed by atoms with Gasteiger partial charge >= 0.3 is 110 Å². The molecule has 2 aliphatic rings. The summed E-state index contributed by atoms with van der Waals surface area (Å²) in [6.45, 7) is 7.84. The molecule has 0 saturated heterocycles. The van der Waals surface area contributed by atoms with Crippen molar-refractivity contribution in [1.29, 1.82) is 5.26 Å². The second kappa shape index (κ2) is 33.7. The average molecular weight is 579 g/mol. The molecule has 6 nitrogen and oxygen atoms in total. The molecular weight excluding hydrogens is 545 g/mol. The smallest absolute Gasteiger partial charge is 1.00 e. The first-order valence-corrected chi connectivity index (χ1v) is 8.34. The van der Waals surface area contributed by atoms with Crippen LogP contribution in [-0.2, 0) is 0 Å². The van der Waals surface area contributed by atoms with Crippen molar-refractivity contribution >= 4 is 7.27 Å². The maximum absolute atomic E-state index is 10.4.